The van der Waals surface area contributed by atoms with Crippen molar-refractivity contribution in [2.75, 3.05) is 30.8 Å². The number of halogens is 2. The van der Waals surface area contributed by atoms with Gasteiger partial charge in [-0.1, -0.05) is 6.07 Å². The SMILES string of the molecule is CC(=O)NOCCCN(C)Cc1ccc(F)c(NC(=O)Nc2ccc(F)cc2)c1. The second kappa shape index (κ2) is 11.1. The second-order valence-electron chi connectivity index (χ2n) is 6.50. The van der Waals surface area contributed by atoms with Crippen molar-refractivity contribution in [1.29, 1.82) is 0 Å². The van der Waals surface area contributed by atoms with Crippen LogP contribution in [0.4, 0.5) is 25.0 Å². The number of anilines is 2. The van der Waals surface area contributed by atoms with E-state index in [0.717, 1.165) is 5.56 Å². The fourth-order valence-corrected chi connectivity index (χ4v) is 2.53. The van der Waals surface area contributed by atoms with Crippen LogP contribution < -0.4 is 16.1 Å². The molecule has 7 nitrogen and oxygen atoms in total. The van der Waals surface area contributed by atoms with Gasteiger partial charge in [0.2, 0.25) is 5.91 Å². The van der Waals surface area contributed by atoms with E-state index in [1.807, 2.05) is 11.9 Å². The van der Waals surface area contributed by atoms with Crippen LogP contribution in [0.15, 0.2) is 42.5 Å². The molecular weight excluding hydrogens is 382 g/mol. The maximum absolute atomic E-state index is 14.1. The number of nitrogens with one attached hydrogen (secondary N) is 3. The normalized spacial score (nSPS) is 10.7. The zero-order valence-corrected chi connectivity index (χ0v) is 16.3. The first-order valence-corrected chi connectivity index (χ1v) is 9.02. The van der Waals surface area contributed by atoms with Gasteiger partial charge in [0, 0.05) is 25.7 Å². The molecule has 3 N–H and O–H groups in total. The third-order valence-electron chi connectivity index (χ3n) is 3.84. The van der Waals surface area contributed by atoms with Crippen molar-refractivity contribution in [3.63, 3.8) is 0 Å². The Balaban J connectivity index is 1.85. The van der Waals surface area contributed by atoms with Gasteiger partial charge in [-0.15, -0.1) is 0 Å². The second-order valence-corrected chi connectivity index (χ2v) is 6.50. The molecule has 2 rings (SSSR count). The predicted octanol–water partition coefficient (Wildman–Crippen LogP) is 3.50. The topological polar surface area (TPSA) is 82.7 Å². The van der Waals surface area contributed by atoms with Crippen LogP contribution in [0.5, 0.6) is 0 Å². The van der Waals surface area contributed by atoms with Crippen LogP contribution >= 0.6 is 0 Å². The molecule has 0 fully saturated rings. The Labute approximate surface area is 168 Å². The van der Waals surface area contributed by atoms with Crippen molar-refractivity contribution in [2.45, 2.75) is 19.9 Å². The van der Waals surface area contributed by atoms with Crippen molar-refractivity contribution in [1.82, 2.24) is 10.4 Å². The fraction of sp³-hybridized carbons (Fsp3) is 0.300. The molecule has 0 aromatic heterocycles. The molecule has 0 atom stereocenters. The summed E-state index contributed by atoms with van der Waals surface area (Å²) in [5, 5.41) is 4.98. The van der Waals surface area contributed by atoms with Crippen LogP contribution in [-0.4, -0.2) is 37.0 Å². The van der Waals surface area contributed by atoms with Gasteiger partial charge in [0.25, 0.3) is 0 Å². The van der Waals surface area contributed by atoms with Crippen LogP contribution in [0.25, 0.3) is 0 Å². The van der Waals surface area contributed by atoms with Gasteiger partial charge in [-0.05, 0) is 55.4 Å². The highest BCUT2D eigenvalue weighted by Crippen LogP contribution is 2.18. The average Bonchev–Trinajstić information content (AvgIpc) is 2.66. The van der Waals surface area contributed by atoms with Crippen molar-refractivity contribution >= 4 is 23.3 Å². The number of hydrogen-bond donors (Lipinski definition) is 3. The Morgan fingerprint density at radius 3 is 2.48 bits per heavy atom. The van der Waals surface area contributed by atoms with Gasteiger partial charge < -0.3 is 15.5 Å². The van der Waals surface area contributed by atoms with E-state index in [1.54, 1.807) is 12.1 Å². The summed E-state index contributed by atoms with van der Waals surface area (Å²) < 4.78 is 27.0. The molecule has 9 heteroatoms. The van der Waals surface area contributed by atoms with Gasteiger partial charge in [0.15, 0.2) is 0 Å². The molecule has 0 saturated carbocycles. The fourth-order valence-electron chi connectivity index (χ4n) is 2.53. The molecule has 3 amide bonds. The highest BCUT2D eigenvalue weighted by Gasteiger charge is 2.10. The van der Waals surface area contributed by atoms with E-state index in [0.29, 0.717) is 31.8 Å². The molecule has 29 heavy (non-hydrogen) atoms. The summed E-state index contributed by atoms with van der Waals surface area (Å²) in [5.74, 6) is -1.23. The lowest BCUT2D eigenvalue weighted by Crippen LogP contribution is -2.24. The van der Waals surface area contributed by atoms with Gasteiger partial charge in [-0.3, -0.25) is 9.63 Å². The van der Waals surface area contributed by atoms with E-state index in [9.17, 15) is 18.4 Å². The summed E-state index contributed by atoms with van der Waals surface area (Å²) in [6.07, 6.45) is 0.698. The predicted molar refractivity (Wildman–Crippen MR) is 106 cm³/mol. The first-order chi connectivity index (χ1) is 13.8. The highest BCUT2D eigenvalue weighted by atomic mass is 19.1. The summed E-state index contributed by atoms with van der Waals surface area (Å²) in [6.45, 7) is 2.98. The van der Waals surface area contributed by atoms with Gasteiger partial charge in [0.1, 0.15) is 11.6 Å². The number of urea groups is 1. The van der Waals surface area contributed by atoms with Gasteiger partial charge in [-0.2, -0.15) is 0 Å². The lowest BCUT2D eigenvalue weighted by atomic mass is 10.1. The van der Waals surface area contributed by atoms with Crippen molar-refractivity contribution in [3.8, 4) is 0 Å². The molecule has 0 bridgehead atoms. The Morgan fingerprint density at radius 2 is 1.79 bits per heavy atom. The van der Waals surface area contributed by atoms with E-state index in [-0.39, 0.29) is 11.6 Å². The smallest absolute Gasteiger partial charge is 0.308 e. The summed E-state index contributed by atoms with van der Waals surface area (Å²) in [5.41, 5.74) is 3.51. The number of carbonyl (C=O) groups excluding carboxylic acids is 2. The molecule has 0 aliphatic heterocycles. The molecule has 2 aromatic rings. The Kier molecular flexibility index (Phi) is 8.50. The number of benzene rings is 2. The molecule has 0 heterocycles. The molecule has 0 spiro atoms. The van der Waals surface area contributed by atoms with E-state index in [4.69, 9.17) is 4.84 Å². The number of amides is 3. The standard InChI is InChI=1S/C20H24F2N4O3/c1-14(27)25-29-11-3-10-26(2)13-15-4-9-18(22)19(12-15)24-20(28)23-17-7-5-16(21)6-8-17/h4-9,12H,3,10-11,13H2,1-2H3,(H,25,27)(H2,23,24,28). The number of carbonyl (C=O) groups is 2. The minimum absolute atomic E-state index is 0.0458. The summed E-state index contributed by atoms with van der Waals surface area (Å²) in [6, 6.07) is 9.11. The van der Waals surface area contributed by atoms with Gasteiger partial charge in [0.05, 0.1) is 12.3 Å². The summed E-state index contributed by atoms with van der Waals surface area (Å²) >= 11 is 0. The third-order valence-corrected chi connectivity index (χ3v) is 3.84. The molecule has 0 saturated heterocycles. The molecule has 0 aliphatic carbocycles. The van der Waals surface area contributed by atoms with Crippen LogP contribution in [0, 0.1) is 11.6 Å². The largest absolute Gasteiger partial charge is 0.323 e. The zero-order valence-electron chi connectivity index (χ0n) is 16.3. The Bertz CT molecular complexity index is 831. The molecule has 0 radical (unpaired) electrons. The lowest BCUT2D eigenvalue weighted by Gasteiger charge is -2.17. The molecule has 2 aromatic carbocycles. The monoisotopic (exact) mass is 406 g/mol. The molecule has 0 aliphatic rings. The lowest BCUT2D eigenvalue weighted by molar-refractivity contribution is -0.131. The number of hydroxylamine groups is 1. The zero-order chi connectivity index (χ0) is 21.2. The first-order valence-electron chi connectivity index (χ1n) is 9.02. The van der Waals surface area contributed by atoms with Crippen molar-refractivity contribution in [3.05, 3.63) is 59.7 Å². The van der Waals surface area contributed by atoms with Crippen molar-refractivity contribution in [2.24, 2.45) is 0 Å². The number of nitrogens with zero attached hydrogens (tertiary/aromatic N) is 1. The Morgan fingerprint density at radius 1 is 1.07 bits per heavy atom. The number of rotatable bonds is 9. The van der Waals surface area contributed by atoms with E-state index in [1.165, 1.54) is 37.3 Å². The van der Waals surface area contributed by atoms with Gasteiger partial charge in [-0.25, -0.2) is 19.1 Å². The van der Waals surface area contributed by atoms with Crippen molar-refractivity contribution < 1.29 is 23.2 Å². The van der Waals surface area contributed by atoms with Crippen LogP contribution in [0.1, 0.15) is 18.9 Å². The quantitative estimate of drug-likeness (QED) is 0.440. The average molecular weight is 406 g/mol. The molecule has 0 unspecified atom stereocenters. The van der Waals surface area contributed by atoms with E-state index < -0.39 is 17.7 Å². The first kappa shape index (κ1) is 22.3. The van der Waals surface area contributed by atoms with Crippen LogP contribution in [-0.2, 0) is 16.2 Å². The minimum Gasteiger partial charge on any atom is -0.308 e. The molecular formula is C20H24F2N4O3. The van der Waals surface area contributed by atoms with Crippen LogP contribution in [0.3, 0.4) is 0 Å². The van der Waals surface area contributed by atoms with Crippen LogP contribution in [0.2, 0.25) is 0 Å². The maximum atomic E-state index is 14.1. The summed E-state index contributed by atoms with van der Waals surface area (Å²) in [4.78, 5) is 29.8. The Hall–Kier alpha value is -3.04. The maximum Gasteiger partial charge on any atom is 0.323 e. The van der Waals surface area contributed by atoms with E-state index in [2.05, 4.69) is 16.1 Å². The minimum atomic E-state index is -0.629. The van der Waals surface area contributed by atoms with E-state index >= 15 is 0 Å². The third kappa shape index (κ3) is 8.24. The number of hydrogen-bond acceptors (Lipinski definition) is 4. The summed E-state index contributed by atoms with van der Waals surface area (Å²) in [7, 11) is 1.90. The molecule has 156 valence electrons. The van der Waals surface area contributed by atoms with Gasteiger partial charge >= 0.3 is 6.03 Å². The highest BCUT2D eigenvalue weighted by molar-refractivity contribution is 5.99.